The number of hydrogen-bond donors (Lipinski definition) is 0. The van der Waals surface area contributed by atoms with Crippen molar-refractivity contribution in [2.75, 3.05) is 7.05 Å². The number of rotatable bonds is 0. The Labute approximate surface area is 112 Å². The van der Waals surface area contributed by atoms with Crippen LogP contribution in [-0.4, -0.2) is 17.3 Å². The highest BCUT2D eigenvalue weighted by Gasteiger charge is 2.25. The zero-order chi connectivity index (χ0) is 13.0. The van der Waals surface area contributed by atoms with Crippen LogP contribution < -0.4 is 0 Å². The Balaban J connectivity index is 2.19. The highest BCUT2D eigenvalue weighted by atomic mass is 15.0. The van der Waals surface area contributed by atoms with Crippen molar-refractivity contribution in [2.45, 2.75) is 6.92 Å². The Morgan fingerprint density at radius 1 is 1.00 bits per heavy atom. The van der Waals surface area contributed by atoms with Gasteiger partial charge in [-0.05, 0) is 30.7 Å². The van der Waals surface area contributed by atoms with Crippen LogP contribution in [0.25, 0.3) is 16.6 Å². The lowest BCUT2D eigenvalue weighted by atomic mass is 10.1. The molecule has 0 spiro atoms. The molecule has 19 heavy (non-hydrogen) atoms. The third-order valence-electron chi connectivity index (χ3n) is 3.83. The van der Waals surface area contributed by atoms with E-state index in [0.29, 0.717) is 0 Å². The van der Waals surface area contributed by atoms with Crippen molar-refractivity contribution in [1.29, 1.82) is 0 Å². The lowest BCUT2D eigenvalue weighted by molar-refractivity contribution is 1.14. The van der Waals surface area contributed by atoms with Crippen LogP contribution in [0.2, 0.25) is 0 Å². The predicted octanol–water partition coefficient (Wildman–Crippen LogP) is 3.72. The number of benzene rings is 2. The molecule has 0 bridgehead atoms. The van der Waals surface area contributed by atoms with Gasteiger partial charge in [0.2, 0.25) is 0 Å². The number of hydrogen-bond acceptors (Lipinski definition) is 1. The van der Waals surface area contributed by atoms with Crippen molar-refractivity contribution >= 4 is 16.6 Å². The first-order chi connectivity index (χ1) is 9.29. The zero-order valence-electron chi connectivity index (χ0n) is 11.0. The van der Waals surface area contributed by atoms with Crippen molar-refractivity contribution in [2.24, 2.45) is 4.99 Å². The lowest BCUT2D eigenvalue weighted by Gasteiger charge is -2.04. The van der Waals surface area contributed by atoms with Gasteiger partial charge >= 0.3 is 0 Å². The Morgan fingerprint density at radius 3 is 2.68 bits per heavy atom. The molecule has 2 heterocycles. The summed E-state index contributed by atoms with van der Waals surface area (Å²) in [4.78, 5) is 4.48. The van der Waals surface area contributed by atoms with Crippen LogP contribution in [0.4, 0.5) is 0 Å². The van der Waals surface area contributed by atoms with Crippen LogP contribution in [-0.2, 0) is 0 Å². The van der Waals surface area contributed by atoms with E-state index < -0.39 is 0 Å². The number of fused-ring (bicyclic) bond motifs is 5. The third-order valence-corrected chi connectivity index (χ3v) is 3.83. The summed E-state index contributed by atoms with van der Waals surface area (Å²) in [6.07, 6.45) is 0. The molecule has 1 aromatic heterocycles. The summed E-state index contributed by atoms with van der Waals surface area (Å²) in [7, 11) is 1.87. The largest absolute Gasteiger partial charge is 0.307 e. The van der Waals surface area contributed by atoms with Gasteiger partial charge in [-0.1, -0.05) is 30.3 Å². The Kier molecular flexibility index (Phi) is 1.99. The van der Waals surface area contributed by atoms with Gasteiger partial charge in [0.1, 0.15) is 0 Å². The predicted molar refractivity (Wildman–Crippen MR) is 79.6 cm³/mol. The van der Waals surface area contributed by atoms with Gasteiger partial charge in [0.05, 0.1) is 22.6 Å². The van der Waals surface area contributed by atoms with Crippen LogP contribution in [0.3, 0.4) is 0 Å². The van der Waals surface area contributed by atoms with Crippen LogP contribution in [0.15, 0.2) is 53.5 Å². The molecule has 0 amide bonds. The van der Waals surface area contributed by atoms with E-state index in [1.54, 1.807) is 0 Å². The van der Waals surface area contributed by atoms with Crippen LogP contribution in [0.1, 0.15) is 16.8 Å². The first-order valence-electron chi connectivity index (χ1n) is 6.48. The second-order valence-corrected chi connectivity index (χ2v) is 5.02. The van der Waals surface area contributed by atoms with Crippen molar-refractivity contribution in [3.05, 3.63) is 65.4 Å². The summed E-state index contributed by atoms with van der Waals surface area (Å²) in [6, 6.07) is 17.3. The molecule has 2 heteroatoms. The molecule has 0 fully saturated rings. The molecule has 2 nitrogen and oxygen atoms in total. The van der Waals surface area contributed by atoms with Crippen molar-refractivity contribution < 1.29 is 0 Å². The summed E-state index contributed by atoms with van der Waals surface area (Å²) in [5.74, 6) is 0. The van der Waals surface area contributed by atoms with Crippen LogP contribution in [0, 0.1) is 6.92 Å². The molecule has 3 aromatic rings. The molecule has 0 N–H and O–H groups in total. The van der Waals surface area contributed by atoms with Crippen LogP contribution in [0.5, 0.6) is 0 Å². The summed E-state index contributed by atoms with van der Waals surface area (Å²) < 4.78 is 2.32. The summed E-state index contributed by atoms with van der Waals surface area (Å²) >= 11 is 0. The van der Waals surface area contributed by atoms with Gasteiger partial charge in [-0.3, -0.25) is 4.99 Å². The number of aryl methyl sites for hydroxylation is 1. The number of nitrogens with zero attached hydrogens (tertiary/aromatic N) is 2. The molecule has 0 aliphatic carbocycles. The van der Waals surface area contributed by atoms with Gasteiger partial charge in [0.25, 0.3) is 0 Å². The number of aliphatic imine (C=N–C) groups is 1. The van der Waals surface area contributed by atoms with Crippen LogP contribution >= 0.6 is 0 Å². The molecule has 0 saturated heterocycles. The van der Waals surface area contributed by atoms with Gasteiger partial charge in [-0.15, -0.1) is 0 Å². The molecular formula is C17H14N2. The van der Waals surface area contributed by atoms with Gasteiger partial charge in [-0.2, -0.15) is 0 Å². The maximum atomic E-state index is 4.48. The Morgan fingerprint density at radius 2 is 1.84 bits per heavy atom. The molecule has 2 aromatic carbocycles. The molecule has 0 unspecified atom stereocenters. The van der Waals surface area contributed by atoms with Gasteiger partial charge in [-0.25, -0.2) is 0 Å². The van der Waals surface area contributed by atoms with E-state index in [0.717, 1.165) is 5.71 Å². The molecule has 4 rings (SSSR count). The van der Waals surface area contributed by atoms with E-state index in [2.05, 4.69) is 65.0 Å². The minimum Gasteiger partial charge on any atom is -0.307 e. The normalized spacial score (nSPS) is 14.9. The fraction of sp³-hybridized carbons (Fsp3) is 0.118. The maximum Gasteiger partial charge on any atom is 0.0904 e. The molecule has 0 saturated carbocycles. The standard InChI is InChI=1S/C17H14N2/c1-11-7-8-12-10-16-17(18-2)13-5-3-4-6-14(13)19(16)15(12)9-11/h3-10H,1-2H3. The van der Waals surface area contributed by atoms with E-state index in [-0.39, 0.29) is 0 Å². The topological polar surface area (TPSA) is 17.3 Å². The quantitative estimate of drug-likeness (QED) is 0.450. The minimum atomic E-state index is 1.09. The second-order valence-electron chi connectivity index (χ2n) is 5.02. The minimum absolute atomic E-state index is 1.09. The highest BCUT2D eigenvalue weighted by molar-refractivity contribution is 6.20. The van der Waals surface area contributed by atoms with Gasteiger partial charge in [0, 0.05) is 18.0 Å². The molecule has 1 aliphatic heterocycles. The summed E-state index contributed by atoms with van der Waals surface area (Å²) in [6.45, 7) is 2.13. The third kappa shape index (κ3) is 1.28. The summed E-state index contributed by atoms with van der Waals surface area (Å²) in [5, 5.41) is 1.27. The first-order valence-corrected chi connectivity index (χ1v) is 6.48. The lowest BCUT2D eigenvalue weighted by Crippen LogP contribution is -1.97. The summed E-state index contributed by atoms with van der Waals surface area (Å²) in [5.41, 5.74) is 7.30. The van der Waals surface area contributed by atoms with Crippen molar-refractivity contribution in [1.82, 2.24) is 4.57 Å². The molecule has 92 valence electrons. The first kappa shape index (κ1) is 10.6. The monoisotopic (exact) mass is 246 g/mol. The average Bonchev–Trinajstić information content (AvgIpc) is 2.92. The molecule has 1 aliphatic rings. The fourth-order valence-electron chi connectivity index (χ4n) is 2.99. The Hall–Kier alpha value is -2.35. The van der Waals surface area contributed by atoms with E-state index in [4.69, 9.17) is 0 Å². The molecule has 0 radical (unpaired) electrons. The highest BCUT2D eigenvalue weighted by Crippen LogP contribution is 2.34. The fourth-order valence-corrected chi connectivity index (χ4v) is 2.99. The Bertz CT molecular complexity index is 838. The van der Waals surface area contributed by atoms with E-state index in [9.17, 15) is 0 Å². The average molecular weight is 246 g/mol. The van der Waals surface area contributed by atoms with Crippen molar-refractivity contribution in [3.8, 4) is 5.69 Å². The van der Waals surface area contributed by atoms with Gasteiger partial charge < -0.3 is 4.57 Å². The number of aromatic nitrogens is 1. The number of para-hydroxylation sites is 1. The van der Waals surface area contributed by atoms with E-state index in [1.807, 2.05) is 7.05 Å². The zero-order valence-corrected chi connectivity index (χ0v) is 11.0. The van der Waals surface area contributed by atoms with Crippen molar-refractivity contribution in [3.63, 3.8) is 0 Å². The molecule has 0 atom stereocenters. The van der Waals surface area contributed by atoms with E-state index in [1.165, 1.54) is 33.4 Å². The second kappa shape index (κ2) is 3.58. The SMILES string of the molecule is CN=C1c2ccccc2-n2c1cc1ccc(C)cc12. The molecular weight excluding hydrogens is 232 g/mol. The smallest absolute Gasteiger partial charge is 0.0904 e. The van der Waals surface area contributed by atoms with Gasteiger partial charge in [0.15, 0.2) is 0 Å². The maximum absolute atomic E-state index is 4.48. The van der Waals surface area contributed by atoms with E-state index >= 15 is 0 Å².